The Balaban J connectivity index is 1.79. The van der Waals surface area contributed by atoms with E-state index in [4.69, 9.17) is 0 Å². The number of hydrogen-bond donors (Lipinski definition) is 2. The third-order valence-corrected chi connectivity index (χ3v) is 5.32. The highest BCUT2D eigenvalue weighted by molar-refractivity contribution is 6.07. The minimum Gasteiger partial charge on any atom is -0.341 e. The van der Waals surface area contributed by atoms with Crippen molar-refractivity contribution < 1.29 is 44.7 Å². The van der Waals surface area contributed by atoms with Gasteiger partial charge in [-0.3, -0.25) is 9.59 Å². The molecular weight excluding hydrogens is 488 g/mol. The molecule has 35 heavy (non-hydrogen) atoms. The molecule has 1 aliphatic rings. The second-order valence-corrected chi connectivity index (χ2v) is 7.55. The molecule has 0 spiro atoms. The molecule has 0 bridgehead atoms. The van der Waals surface area contributed by atoms with Gasteiger partial charge in [-0.05, 0) is 48.0 Å². The van der Waals surface area contributed by atoms with E-state index >= 15 is 0 Å². The molecule has 1 aliphatic heterocycles. The van der Waals surface area contributed by atoms with Gasteiger partial charge in [0.05, 0.1) is 11.6 Å². The average molecular weight is 500 g/mol. The molecule has 4 rings (SSSR count). The number of carbonyl (C=O) groups excluding carboxylic acids is 2. The van der Waals surface area contributed by atoms with Gasteiger partial charge in [-0.1, -0.05) is 6.07 Å². The number of halogens is 8. The smallest absolute Gasteiger partial charge is 0.341 e. The van der Waals surface area contributed by atoms with Crippen LogP contribution in [0.25, 0.3) is 0 Å². The number of anilines is 1. The van der Waals surface area contributed by atoms with E-state index in [2.05, 4.69) is 10.6 Å². The highest BCUT2D eigenvalue weighted by atomic mass is 19.4. The lowest BCUT2D eigenvalue weighted by Gasteiger charge is -2.20. The molecule has 1 unspecified atom stereocenters. The van der Waals surface area contributed by atoms with Gasteiger partial charge in [0.1, 0.15) is 5.82 Å². The van der Waals surface area contributed by atoms with Gasteiger partial charge in [0.15, 0.2) is 11.6 Å². The normalized spacial score (nSPS) is 15.2. The van der Waals surface area contributed by atoms with Crippen LogP contribution in [0, 0.1) is 17.5 Å². The minimum atomic E-state index is -4.94. The van der Waals surface area contributed by atoms with Crippen molar-refractivity contribution in [3.8, 4) is 0 Å². The summed E-state index contributed by atoms with van der Waals surface area (Å²) in [6, 6.07) is 4.26. The molecule has 1 atom stereocenters. The Morgan fingerprint density at radius 3 is 2.31 bits per heavy atom. The zero-order valence-electron chi connectivity index (χ0n) is 17.1. The van der Waals surface area contributed by atoms with E-state index in [0.29, 0.717) is 18.2 Å². The lowest BCUT2D eigenvalue weighted by molar-refractivity contribution is -0.137. The molecule has 0 radical (unpaired) electrons. The molecular formula is C23H12F8N2O2. The molecule has 182 valence electrons. The monoisotopic (exact) mass is 500 g/mol. The summed E-state index contributed by atoms with van der Waals surface area (Å²) >= 11 is 0. The Hall–Kier alpha value is -3.96. The summed E-state index contributed by atoms with van der Waals surface area (Å²) in [6.07, 6.45) is -8.19. The van der Waals surface area contributed by atoms with E-state index in [1.807, 2.05) is 0 Å². The van der Waals surface area contributed by atoms with E-state index < -0.39 is 70.2 Å². The highest BCUT2D eigenvalue weighted by Gasteiger charge is 2.36. The summed E-state index contributed by atoms with van der Waals surface area (Å²) in [6.45, 7) is 0. The summed E-state index contributed by atoms with van der Waals surface area (Å²) in [5, 5.41) is 4.59. The van der Waals surface area contributed by atoms with Crippen LogP contribution in [0.4, 0.5) is 40.8 Å². The largest absolute Gasteiger partial charge is 0.416 e. The predicted octanol–water partition coefficient (Wildman–Crippen LogP) is 6.15. The Kier molecular flexibility index (Phi) is 5.99. The first kappa shape index (κ1) is 24.2. The number of fused-ring (bicyclic) bond motifs is 1. The van der Waals surface area contributed by atoms with Crippen molar-refractivity contribution in [2.24, 2.45) is 0 Å². The molecule has 0 aliphatic carbocycles. The number of alkyl halides is 5. The number of benzene rings is 3. The quantitative estimate of drug-likeness (QED) is 0.423. The van der Waals surface area contributed by atoms with Crippen LogP contribution in [0.5, 0.6) is 0 Å². The molecule has 3 aromatic rings. The van der Waals surface area contributed by atoms with E-state index in [9.17, 15) is 44.7 Å². The van der Waals surface area contributed by atoms with Gasteiger partial charge in [-0.25, -0.2) is 22.0 Å². The van der Waals surface area contributed by atoms with Crippen molar-refractivity contribution in [1.29, 1.82) is 0 Å². The van der Waals surface area contributed by atoms with Crippen molar-refractivity contribution in [2.75, 3.05) is 5.32 Å². The van der Waals surface area contributed by atoms with Gasteiger partial charge in [-0.15, -0.1) is 0 Å². The fourth-order valence-corrected chi connectivity index (χ4v) is 3.79. The van der Waals surface area contributed by atoms with Gasteiger partial charge in [0.2, 0.25) is 0 Å². The number of amides is 2. The lowest BCUT2D eigenvalue weighted by atomic mass is 9.92. The van der Waals surface area contributed by atoms with E-state index in [-0.39, 0.29) is 28.9 Å². The number of carbonyl (C=O) groups is 2. The maximum absolute atomic E-state index is 13.9. The fraction of sp³-hybridized carbons (Fsp3) is 0.130. The number of hydrogen-bond acceptors (Lipinski definition) is 2. The van der Waals surface area contributed by atoms with Gasteiger partial charge < -0.3 is 10.6 Å². The molecule has 0 aromatic heterocycles. The minimum absolute atomic E-state index is 0.104. The van der Waals surface area contributed by atoms with Gasteiger partial charge >= 0.3 is 6.18 Å². The van der Waals surface area contributed by atoms with Crippen LogP contribution in [0.3, 0.4) is 0 Å². The first-order valence-corrected chi connectivity index (χ1v) is 9.76. The summed E-state index contributed by atoms with van der Waals surface area (Å²) in [4.78, 5) is 25.1. The summed E-state index contributed by atoms with van der Waals surface area (Å²) in [5.41, 5.74) is -3.93. The zero-order valence-corrected chi connectivity index (χ0v) is 17.1. The SMILES string of the molecule is O=C(Nc1cccc2c1C(c1cc(F)c(F)cc1C(F)F)NC2=O)c1cc(F)cc(C(F)(F)F)c1. The Morgan fingerprint density at radius 2 is 1.66 bits per heavy atom. The summed E-state index contributed by atoms with van der Waals surface area (Å²) < 4.78 is 107. The van der Waals surface area contributed by atoms with E-state index in [1.165, 1.54) is 18.2 Å². The van der Waals surface area contributed by atoms with Crippen molar-refractivity contribution >= 4 is 17.5 Å². The first-order chi connectivity index (χ1) is 16.4. The van der Waals surface area contributed by atoms with Gasteiger partial charge in [0.25, 0.3) is 18.2 Å². The Labute approximate surface area is 191 Å². The van der Waals surface area contributed by atoms with Crippen LogP contribution in [-0.4, -0.2) is 11.8 Å². The van der Waals surface area contributed by atoms with Crippen molar-refractivity contribution in [3.05, 3.63) is 99.4 Å². The maximum atomic E-state index is 13.9. The molecule has 0 saturated heterocycles. The average Bonchev–Trinajstić information content (AvgIpc) is 3.11. The third-order valence-electron chi connectivity index (χ3n) is 5.32. The second kappa shape index (κ2) is 8.67. The molecule has 3 aromatic carbocycles. The second-order valence-electron chi connectivity index (χ2n) is 7.55. The summed E-state index contributed by atoms with van der Waals surface area (Å²) in [7, 11) is 0. The molecule has 1 heterocycles. The van der Waals surface area contributed by atoms with E-state index in [1.54, 1.807) is 0 Å². The van der Waals surface area contributed by atoms with Crippen LogP contribution in [0.2, 0.25) is 0 Å². The number of rotatable bonds is 4. The molecule has 12 heteroatoms. The predicted molar refractivity (Wildman–Crippen MR) is 106 cm³/mol. The molecule has 4 nitrogen and oxygen atoms in total. The van der Waals surface area contributed by atoms with E-state index in [0.717, 1.165) is 0 Å². The zero-order chi connectivity index (χ0) is 25.7. The Morgan fingerprint density at radius 1 is 0.971 bits per heavy atom. The Bertz CT molecular complexity index is 1350. The fourth-order valence-electron chi connectivity index (χ4n) is 3.79. The van der Waals surface area contributed by atoms with Crippen LogP contribution in [-0.2, 0) is 6.18 Å². The van der Waals surface area contributed by atoms with Crippen LogP contribution >= 0.6 is 0 Å². The topological polar surface area (TPSA) is 58.2 Å². The summed E-state index contributed by atoms with van der Waals surface area (Å²) in [5.74, 6) is -6.31. The molecule has 0 fully saturated rings. The molecule has 2 N–H and O–H groups in total. The third kappa shape index (κ3) is 4.55. The highest BCUT2D eigenvalue weighted by Crippen LogP contribution is 2.40. The van der Waals surface area contributed by atoms with Crippen molar-refractivity contribution in [3.63, 3.8) is 0 Å². The maximum Gasteiger partial charge on any atom is 0.416 e. The molecule has 2 amide bonds. The van der Waals surface area contributed by atoms with Crippen LogP contribution in [0.1, 0.15) is 55.4 Å². The van der Waals surface area contributed by atoms with Gasteiger partial charge in [-0.2, -0.15) is 13.2 Å². The molecule has 0 saturated carbocycles. The first-order valence-electron chi connectivity index (χ1n) is 9.76. The standard InChI is InChI=1S/C23H12F8N2O2/c24-11-5-9(4-10(6-11)23(29,30)31)21(34)32-17-3-1-2-12-18(17)19(33-22(12)35)13-7-15(25)16(26)8-14(13)20(27)28/h1-8,19-20H,(H,32,34)(H,33,35). The van der Waals surface area contributed by atoms with Crippen LogP contribution in [0.15, 0.2) is 48.5 Å². The van der Waals surface area contributed by atoms with Crippen LogP contribution < -0.4 is 10.6 Å². The lowest BCUT2D eigenvalue weighted by Crippen LogP contribution is -2.22. The number of nitrogens with one attached hydrogen (secondary N) is 2. The van der Waals surface area contributed by atoms with Gasteiger partial charge in [0, 0.05) is 27.9 Å². The van der Waals surface area contributed by atoms with Crippen molar-refractivity contribution in [1.82, 2.24) is 5.32 Å². The van der Waals surface area contributed by atoms with Crippen molar-refractivity contribution in [2.45, 2.75) is 18.6 Å².